The molecule has 0 radical (unpaired) electrons. The third-order valence-corrected chi connectivity index (χ3v) is 6.62. The normalized spacial score (nSPS) is 13.7. The fourth-order valence-corrected chi connectivity index (χ4v) is 4.34. The van der Waals surface area contributed by atoms with Crippen molar-refractivity contribution in [3.63, 3.8) is 0 Å². The zero-order chi connectivity index (χ0) is 32.0. The highest BCUT2D eigenvalue weighted by atomic mass is 19.4. The molecule has 0 bridgehead atoms. The summed E-state index contributed by atoms with van der Waals surface area (Å²) in [7, 11) is 1.46. The third-order valence-electron chi connectivity index (χ3n) is 6.62. The lowest BCUT2D eigenvalue weighted by molar-refractivity contribution is -0.174. The molecule has 2 rings (SSSR count). The van der Waals surface area contributed by atoms with E-state index in [4.69, 9.17) is 0 Å². The van der Waals surface area contributed by atoms with E-state index in [2.05, 4.69) is 10.6 Å². The Bertz CT molecular complexity index is 1220. The first kappa shape index (κ1) is 35.0. The Morgan fingerprint density at radius 3 is 2.02 bits per heavy atom. The maximum atomic E-state index is 13.8. The van der Waals surface area contributed by atoms with Crippen LogP contribution in [-0.4, -0.2) is 59.9 Å². The molecule has 0 aromatic heterocycles. The lowest BCUT2D eigenvalue weighted by atomic mass is 10.00. The van der Waals surface area contributed by atoms with Crippen LogP contribution < -0.4 is 16.0 Å². The van der Waals surface area contributed by atoms with Gasteiger partial charge in [-0.3, -0.25) is 19.2 Å². The number of carbonyl (C=O) groups is 4. The fourth-order valence-electron chi connectivity index (χ4n) is 4.34. The molecule has 0 aliphatic rings. The van der Waals surface area contributed by atoms with Gasteiger partial charge in [0.05, 0.1) is 0 Å². The number of anilines is 1. The van der Waals surface area contributed by atoms with Crippen LogP contribution in [0.1, 0.15) is 52.0 Å². The number of likely N-dealkylation sites (N-methyl/N-ethyl adjacent to an activating group) is 1. The number of para-hydroxylation sites is 1. The highest BCUT2D eigenvalue weighted by Gasteiger charge is 2.41. The molecule has 0 aliphatic heterocycles. The molecule has 43 heavy (non-hydrogen) atoms. The monoisotopic (exact) mass is 602 g/mol. The number of alkyl halides is 3. The van der Waals surface area contributed by atoms with Gasteiger partial charge in [-0.15, -0.1) is 0 Å². The van der Waals surface area contributed by atoms with Crippen molar-refractivity contribution in [1.29, 1.82) is 0 Å². The molecule has 3 N–H and O–H groups in total. The number of nitrogens with one attached hydrogen (secondary N) is 3. The first-order chi connectivity index (χ1) is 20.3. The number of amides is 4. The SMILES string of the molecule is CCC/C=C\C[C@@H](NC(=O)[C@H](Cc1ccccc1)NC(=O)C(F)(F)F)C(=O)N(C)[C@@H](CC(C)C)C(=O)Nc1ccccc1. The van der Waals surface area contributed by atoms with Crippen molar-refractivity contribution in [3.8, 4) is 0 Å². The summed E-state index contributed by atoms with van der Waals surface area (Å²) >= 11 is 0. The van der Waals surface area contributed by atoms with Crippen molar-refractivity contribution in [2.24, 2.45) is 5.92 Å². The van der Waals surface area contributed by atoms with E-state index >= 15 is 0 Å². The van der Waals surface area contributed by atoms with Gasteiger partial charge in [0.2, 0.25) is 17.7 Å². The van der Waals surface area contributed by atoms with Crippen molar-refractivity contribution in [2.75, 3.05) is 12.4 Å². The Hall–Kier alpha value is -4.15. The summed E-state index contributed by atoms with van der Waals surface area (Å²) in [6, 6.07) is 13.3. The zero-order valence-corrected chi connectivity index (χ0v) is 25.0. The minimum absolute atomic E-state index is 0.0344. The predicted octanol–water partition coefficient (Wildman–Crippen LogP) is 5.02. The summed E-state index contributed by atoms with van der Waals surface area (Å²) in [4.78, 5) is 53.6. The van der Waals surface area contributed by atoms with Crippen LogP contribution in [0.2, 0.25) is 0 Å². The largest absolute Gasteiger partial charge is 0.471 e. The van der Waals surface area contributed by atoms with Gasteiger partial charge in [0.15, 0.2) is 0 Å². The van der Waals surface area contributed by atoms with Gasteiger partial charge in [-0.2, -0.15) is 13.2 Å². The standard InChI is InChI=1S/C32H41F3N4O4/c1-5-6-7-14-19-25(30(42)39(4)27(20-22(2)3)29(41)36-24-17-12-9-13-18-24)37-28(40)26(38-31(43)32(33,34)35)21-23-15-10-8-11-16-23/h7-18,22,25-27H,5-6,19-21H2,1-4H3,(H,36,41)(H,37,40)(H,38,43)/b14-7-/t25-,26+,27+/m1/s1. The van der Waals surface area contributed by atoms with E-state index < -0.39 is 47.9 Å². The lowest BCUT2D eigenvalue weighted by Crippen LogP contribution is -2.58. The minimum atomic E-state index is -5.20. The van der Waals surface area contributed by atoms with E-state index in [9.17, 15) is 32.3 Å². The molecule has 0 fully saturated rings. The highest BCUT2D eigenvalue weighted by Crippen LogP contribution is 2.18. The van der Waals surface area contributed by atoms with Crippen molar-refractivity contribution in [2.45, 2.75) is 77.2 Å². The molecular formula is C32H41F3N4O4. The molecule has 2 aromatic carbocycles. The van der Waals surface area contributed by atoms with Gasteiger partial charge in [0.25, 0.3) is 0 Å². The zero-order valence-electron chi connectivity index (χ0n) is 25.0. The van der Waals surface area contributed by atoms with E-state index in [0.717, 1.165) is 12.8 Å². The van der Waals surface area contributed by atoms with E-state index in [1.807, 2.05) is 26.8 Å². The number of rotatable bonds is 15. The van der Waals surface area contributed by atoms with E-state index in [1.165, 1.54) is 11.9 Å². The van der Waals surface area contributed by atoms with Crippen LogP contribution >= 0.6 is 0 Å². The Labute approximate surface area is 251 Å². The molecule has 0 heterocycles. The summed E-state index contributed by atoms with van der Waals surface area (Å²) < 4.78 is 39.4. The van der Waals surface area contributed by atoms with Gasteiger partial charge in [-0.25, -0.2) is 0 Å². The Balaban J connectivity index is 2.35. The van der Waals surface area contributed by atoms with Gasteiger partial charge >= 0.3 is 12.1 Å². The van der Waals surface area contributed by atoms with Crippen LogP contribution in [0.3, 0.4) is 0 Å². The molecule has 11 heteroatoms. The predicted molar refractivity (Wildman–Crippen MR) is 160 cm³/mol. The number of unbranched alkanes of at least 4 members (excludes halogenated alkanes) is 1. The fraction of sp³-hybridized carbons (Fsp3) is 0.438. The van der Waals surface area contributed by atoms with Gasteiger partial charge in [-0.05, 0) is 42.9 Å². The maximum Gasteiger partial charge on any atom is 0.471 e. The first-order valence-corrected chi connectivity index (χ1v) is 14.3. The second kappa shape index (κ2) is 17.1. The van der Waals surface area contributed by atoms with Crippen molar-refractivity contribution < 1.29 is 32.3 Å². The van der Waals surface area contributed by atoms with Gasteiger partial charge in [-0.1, -0.05) is 87.9 Å². The summed E-state index contributed by atoms with van der Waals surface area (Å²) in [5.74, 6) is -4.19. The Morgan fingerprint density at radius 2 is 1.47 bits per heavy atom. The van der Waals surface area contributed by atoms with Gasteiger partial charge in [0.1, 0.15) is 18.1 Å². The number of halogens is 3. The molecular weight excluding hydrogens is 561 g/mol. The van der Waals surface area contributed by atoms with Crippen molar-refractivity contribution in [3.05, 3.63) is 78.4 Å². The summed E-state index contributed by atoms with van der Waals surface area (Å²) in [6.45, 7) is 5.79. The van der Waals surface area contributed by atoms with Crippen LogP contribution in [0, 0.1) is 5.92 Å². The van der Waals surface area contributed by atoms with Crippen molar-refractivity contribution in [1.82, 2.24) is 15.5 Å². The number of hydrogen-bond acceptors (Lipinski definition) is 4. The average molecular weight is 603 g/mol. The number of allylic oxidation sites excluding steroid dienone is 1. The van der Waals surface area contributed by atoms with E-state index in [-0.39, 0.29) is 18.8 Å². The van der Waals surface area contributed by atoms with Crippen molar-refractivity contribution >= 4 is 29.3 Å². The molecule has 3 atom stereocenters. The molecule has 8 nitrogen and oxygen atoms in total. The number of benzene rings is 2. The first-order valence-electron chi connectivity index (χ1n) is 14.3. The summed E-state index contributed by atoms with van der Waals surface area (Å²) in [5, 5.41) is 7.14. The van der Waals surface area contributed by atoms with Crippen LogP contribution in [-0.2, 0) is 25.6 Å². The molecule has 2 aromatic rings. The Morgan fingerprint density at radius 1 is 0.860 bits per heavy atom. The van der Waals surface area contributed by atoms with Gasteiger partial charge in [0, 0.05) is 19.2 Å². The second-order valence-corrected chi connectivity index (χ2v) is 10.7. The molecule has 0 saturated heterocycles. The quantitative estimate of drug-likeness (QED) is 0.249. The molecule has 4 amide bonds. The van der Waals surface area contributed by atoms with Crippen LogP contribution in [0.25, 0.3) is 0 Å². The molecule has 0 unspecified atom stereocenters. The molecule has 0 spiro atoms. The topological polar surface area (TPSA) is 108 Å². The average Bonchev–Trinajstić information content (AvgIpc) is 2.96. The lowest BCUT2D eigenvalue weighted by Gasteiger charge is -2.32. The Kier molecular flexibility index (Phi) is 13.9. The number of nitrogens with zero attached hydrogens (tertiary/aromatic N) is 1. The maximum absolute atomic E-state index is 13.8. The molecule has 0 aliphatic carbocycles. The van der Waals surface area contributed by atoms with Crippen LogP contribution in [0.4, 0.5) is 18.9 Å². The van der Waals surface area contributed by atoms with Crippen LogP contribution in [0.15, 0.2) is 72.8 Å². The summed E-state index contributed by atoms with van der Waals surface area (Å²) in [6.07, 6.45) is 0.0459. The van der Waals surface area contributed by atoms with E-state index in [0.29, 0.717) is 17.7 Å². The number of carbonyl (C=O) groups excluding carboxylic acids is 4. The minimum Gasteiger partial charge on any atom is -0.342 e. The molecule has 234 valence electrons. The smallest absolute Gasteiger partial charge is 0.342 e. The van der Waals surface area contributed by atoms with E-state index in [1.54, 1.807) is 72.1 Å². The number of hydrogen-bond donors (Lipinski definition) is 3. The summed E-state index contributed by atoms with van der Waals surface area (Å²) in [5.41, 5.74) is 1.07. The van der Waals surface area contributed by atoms with Gasteiger partial charge < -0.3 is 20.9 Å². The molecule has 0 saturated carbocycles. The highest BCUT2D eigenvalue weighted by molar-refractivity contribution is 5.99. The third kappa shape index (κ3) is 11.9. The second-order valence-electron chi connectivity index (χ2n) is 10.7. The van der Waals surface area contributed by atoms with Crippen LogP contribution in [0.5, 0.6) is 0 Å².